The minimum Gasteiger partial charge on any atom is -0.462 e. The van der Waals surface area contributed by atoms with Crippen molar-refractivity contribution in [3.8, 4) is 11.1 Å². The van der Waals surface area contributed by atoms with E-state index in [4.69, 9.17) is 4.74 Å². The van der Waals surface area contributed by atoms with Gasteiger partial charge in [0, 0.05) is 17.2 Å². The molecule has 2 aromatic carbocycles. The molecule has 1 heterocycles. The highest BCUT2D eigenvalue weighted by Gasteiger charge is 2.38. The van der Waals surface area contributed by atoms with E-state index in [0.29, 0.717) is 17.7 Å². The molecule has 0 aliphatic heterocycles. The first-order valence-corrected chi connectivity index (χ1v) is 15.8. The second-order valence-electron chi connectivity index (χ2n) is 12.0. The van der Waals surface area contributed by atoms with Crippen LogP contribution in [0.1, 0.15) is 107 Å². The first-order valence-electron chi connectivity index (χ1n) is 15.8. The Labute approximate surface area is 251 Å². The first-order chi connectivity index (χ1) is 20.3. The van der Waals surface area contributed by atoms with Crippen molar-refractivity contribution in [3.63, 3.8) is 0 Å². The number of rotatable bonds is 14. The number of esters is 1. The van der Waals surface area contributed by atoms with Gasteiger partial charge < -0.3 is 9.72 Å². The Morgan fingerprint density at radius 3 is 2.10 bits per heavy atom. The fourth-order valence-corrected chi connectivity index (χ4v) is 6.09. The zero-order valence-electron chi connectivity index (χ0n) is 25.9. The highest BCUT2D eigenvalue weighted by Crippen LogP contribution is 2.48. The number of allylic oxidation sites excluding steroid dienone is 2. The Morgan fingerprint density at radius 2 is 1.48 bits per heavy atom. The highest BCUT2D eigenvalue weighted by molar-refractivity contribution is 6.02. The molecule has 1 aromatic heterocycles. The molecule has 0 bridgehead atoms. The largest absolute Gasteiger partial charge is 0.462 e. The second kappa shape index (κ2) is 15.0. The lowest BCUT2D eigenvalue weighted by Gasteiger charge is -2.34. The monoisotopic (exact) mass is 565 g/mol. The molecule has 0 spiro atoms. The minimum atomic E-state index is -0.366. The Hall–Kier alpha value is -3.66. The van der Waals surface area contributed by atoms with Gasteiger partial charge in [0.25, 0.3) is 5.56 Å². The number of hydrogen-bond donors (Lipinski definition) is 1. The van der Waals surface area contributed by atoms with Gasteiger partial charge in [0.1, 0.15) is 0 Å². The van der Waals surface area contributed by atoms with Gasteiger partial charge >= 0.3 is 5.97 Å². The van der Waals surface area contributed by atoms with Crippen molar-refractivity contribution in [1.29, 1.82) is 0 Å². The fraction of sp³-hybridized carbons (Fsp3) is 0.421. The molecule has 4 nitrogen and oxygen atoms in total. The number of aromatic nitrogens is 1. The second-order valence-corrected chi connectivity index (χ2v) is 12.0. The number of hydrogen-bond acceptors (Lipinski definition) is 3. The van der Waals surface area contributed by atoms with Gasteiger partial charge in [-0.15, -0.1) is 0 Å². The van der Waals surface area contributed by atoms with Crippen molar-refractivity contribution in [2.45, 2.75) is 91.4 Å². The predicted molar refractivity (Wildman–Crippen MR) is 175 cm³/mol. The van der Waals surface area contributed by atoms with Crippen LogP contribution in [0.2, 0.25) is 0 Å². The molecule has 42 heavy (non-hydrogen) atoms. The Balaban J connectivity index is 1.84. The molecule has 1 N–H and O–H groups in total. The fourth-order valence-electron chi connectivity index (χ4n) is 6.09. The molecule has 0 amide bonds. The van der Waals surface area contributed by atoms with Crippen LogP contribution in [-0.2, 0) is 16.0 Å². The van der Waals surface area contributed by atoms with E-state index >= 15 is 0 Å². The van der Waals surface area contributed by atoms with Gasteiger partial charge in [0.15, 0.2) is 0 Å². The van der Waals surface area contributed by atoms with Crippen molar-refractivity contribution < 1.29 is 9.53 Å². The SMILES string of the molecule is C=C1C(C)=C(C(=O)OCC(C)C)C(c2ccccc2)c2c(CCCCCCCCCC)[nH]c(=O)c(-c3ccccc3)c21. The van der Waals surface area contributed by atoms with Crippen LogP contribution in [0.4, 0.5) is 0 Å². The summed E-state index contributed by atoms with van der Waals surface area (Å²) in [4.78, 5) is 30.9. The molecular weight excluding hydrogens is 518 g/mol. The average molecular weight is 566 g/mol. The molecule has 0 fully saturated rings. The Morgan fingerprint density at radius 1 is 0.881 bits per heavy atom. The highest BCUT2D eigenvalue weighted by atomic mass is 16.5. The number of benzene rings is 2. The van der Waals surface area contributed by atoms with Crippen LogP contribution in [-0.4, -0.2) is 17.6 Å². The van der Waals surface area contributed by atoms with Gasteiger partial charge in [0.2, 0.25) is 0 Å². The van der Waals surface area contributed by atoms with Crippen LogP contribution in [0.5, 0.6) is 0 Å². The van der Waals surface area contributed by atoms with Gasteiger partial charge in [-0.05, 0) is 53.5 Å². The van der Waals surface area contributed by atoms with Gasteiger partial charge in [-0.25, -0.2) is 4.79 Å². The number of fused-ring (bicyclic) bond motifs is 1. The van der Waals surface area contributed by atoms with E-state index < -0.39 is 0 Å². The van der Waals surface area contributed by atoms with E-state index in [2.05, 4.69) is 30.6 Å². The lowest BCUT2D eigenvalue weighted by atomic mass is 9.70. The lowest BCUT2D eigenvalue weighted by Crippen LogP contribution is -2.28. The maximum absolute atomic E-state index is 13.8. The third kappa shape index (κ3) is 7.21. The van der Waals surface area contributed by atoms with Crippen molar-refractivity contribution in [3.05, 3.63) is 111 Å². The van der Waals surface area contributed by atoms with E-state index in [9.17, 15) is 9.59 Å². The molecule has 3 aromatic rings. The zero-order valence-corrected chi connectivity index (χ0v) is 25.9. The molecule has 0 radical (unpaired) electrons. The number of H-pyrrole nitrogens is 1. The molecule has 0 saturated carbocycles. The Kier molecular flexibility index (Phi) is 11.2. The van der Waals surface area contributed by atoms with Gasteiger partial charge in [-0.2, -0.15) is 0 Å². The van der Waals surface area contributed by atoms with Gasteiger partial charge in [0.05, 0.1) is 17.7 Å². The summed E-state index contributed by atoms with van der Waals surface area (Å²) in [6.07, 6.45) is 10.4. The number of carbonyl (C=O) groups is 1. The molecule has 1 aliphatic rings. The van der Waals surface area contributed by atoms with E-state index in [0.717, 1.165) is 58.4 Å². The molecule has 4 rings (SSSR count). The summed E-state index contributed by atoms with van der Waals surface area (Å²) in [6.45, 7) is 13.1. The number of nitrogens with one attached hydrogen (secondary N) is 1. The number of unbranched alkanes of at least 4 members (excludes halogenated alkanes) is 7. The standard InChI is InChI=1S/C38H47NO3/c1-6-7-8-9-10-11-12-19-24-31-36-32(35(37(40)39-31)30-22-17-14-18-23-30)27(4)28(5)33(38(41)42-25-26(2)3)34(36)29-20-15-13-16-21-29/h13-18,20-23,26,34H,4,6-12,19,24-25H2,1-3,5H3,(H,39,40). The van der Waals surface area contributed by atoms with E-state index in [1.54, 1.807) is 0 Å². The zero-order chi connectivity index (χ0) is 30.1. The quantitative estimate of drug-likeness (QED) is 0.156. The van der Waals surface area contributed by atoms with E-state index in [1.807, 2.05) is 69.3 Å². The number of carbonyl (C=O) groups excluding carboxylic acids is 1. The van der Waals surface area contributed by atoms with E-state index in [-0.39, 0.29) is 23.4 Å². The lowest BCUT2D eigenvalue weighted by molar-refractivity contribution is -0.140. The number of ether oxygens (including phenoxy) is 1. The molecule has 1 atom stereocenters. The van der Waals surface area contributed by atoms with Crippen LogP contribution in [0.3, 0.4) is 0 Å². The number of aromatic amines is 1. The normalized spacial score (nSPS) is 14.8. The molecule has 1 aliphatic carbocycles. The van der Waals surface area contributed by atoms with Gasteiger partial charge in [-0.1, -0.05) is 133 Å². The topological polar surface area (TPSA) is 59.2 Å². The first kappa shape index (κ1) is 31.3. The summed E-state index contributed by atoms with van der Waals surface area (Å²) in [5.41, 5.74) is 7.21. The van der Waals surface area contributed by atoms with Crippen molar-refractivity contribution >= 4 is 11.5 Å². The smallest absolute Gasteiger partial charge is 0.335 e. The van der Waals surface area contributed by atoms with Gasteiger partial charge in [-0.3, -0.25) is 4.79 Å². The van der Waals surface area contributed by atoms with Crippen LogP contribution in [0.25, 0.3) is 16.7 Å². The summed E-state index contributed by atoms with van der Waals surface area (Å²) < 4.78 is 5.85. The van der Waals surface area contributed by atoms with Crippen LogP contribution < -0.4 is 5.56 Å². The molecule has 4 heteroatoms. The van der Waals surface area contributed by atoms with Crippen LogP contribution >= 0.6 is 0 Å². The number of aryl methyl sites for hydroxylation is 1. The summed E-state index contributed by atoms with van der Waals surface area (Å²) in [5, 5.41) is 0. The van der Waals surface area contributed by atoms with Crippen molar-refractivity contribution in [2.75, 3.05) is 6.61 Å². The summed E-state index contributed by atoms with van der Waals surface area (Å²) in [5.74, 6) is -0.454. The summed E-state index contributed by atoms with van der Waals surface area (Å²) >= 11 is 0. The Bertz CT molecular complexity index is 1450. The minimum absolute atomic E-state index is 0.110. The number of pyridine rings is 1. The van der Waals surface area contributed by atoms with E-state index in [1.165, 1.54) is 38.5 Å². The van der Waals surface area contributed by atoms with Crippen molar-refractivity contribution in [1.82, 2.24) is 4.98 Å². The molecule has 0 saturated heterocycles. The van der Waals surface area contributed by atoms with Crippen LogP contribution in [0, 0.1) is 5.92 Å². The predicted octanol–water partition coefficient (Wildman–Crippen LogP) is 9.40. The third-order valence-corrected chi connectivity index (χ3v) is 8.32. The van der Waals surface area contributed by atoms with Crippen molar-refractivity contribution in [2.24, 2.45) is 5.92 Å². The van der Waals surface area contributed by atoms with Crippen LogP contribution in [0.15, 0.2) is 83.2 Å². The third-order valence-electron chi connectivity index (χ3n) is 8.32. The molecule has 1 unspecified atom stereocenters. The maximum Gasteiger partial charge on any atom is 0.335 e. The molecule has 222 valence electrons. The summed E-state index contributed by atoms with van der Waals surface area (Å²) in [6, 6.07) is 19.9. The molecular formula is C38H47NO3. The maximum atomic E-state index is 13.8. The average Bonchev–Trinajstić information content (AvgIpc) is 2.99. The summed E-state index contributed by atoms with van der Waals surface area (Å²) in [7, 11) is 0.